The Bertz CT molecular complexity index is 1200. The molecule has 0 aliphatic carbocycles. The Labute approximate surface area is 194 Å². The molecular formula is C28H27NO4. The number of ether oxygens (including phenoxy) is 3. The van der Waals surface area contributed by atoms with Crippen LogP contribution in [0.2, 0.25) is 0 Å². The SMILES string of the molecule is COc1cc2c(cc1OC)C(c1ccccc1)N(C(=O)/C=C/c1ccc3c(c1)CCO3)CC2. The van der Waals surface area contributed by atoms with Gasteiger partial charge in [-0.3, -0.25) is 4.79 Å². The van der Waals surface area contributed by atoms with Crippen LogP contribution in [0.3, 0.4) is 0 Å². The zero-order valence-corrected chi connectivity index (χ0v) is 18.9. The molecular weight excluding hydrogens is 414 g/mol. The number of hydrogen-bond donors (Lipinski definition) is 0. The predicted octanol–water partition coefficient (Wildman–Crippen LogP) is 4.83. The molecule has 168 valence electrons. The molecule has 0 fully saturated rings. The van der Waals surface area contributed by atoms with E-state index in [0.717, 1.165) is 41.9 Å². The average molecular weight is 442 g/mol. The van der Waals surface area contributed by atoms with Crippen molar-refractivity contribution in [1.82, 2.24) is 4.90 Å². The van der Waals surface area contributed by atoms with E-state index in [1.807, 2.05) is 53.4 Å². The van der Waals surface area contributed by atoms with E-state index in [0.29, 0.717) is 18.0 Å². The number of nitrogens with zero attached hydrogens (tertiary/aromatic N) is 1. The topological polar surface area (TPSA) is 48.0 Å². The van der Waals surface area contributed by atoms with Crippen LogP contribution in [-0.4, -0.2) is 38.2 Å². The Kier molecular flexibility index (Phi) is 5.78. The summed E-state index contributed by atoms with van der Waals surface area (Å²) in [5.41, 5.74) is 5.52. The molecule has 2 heterocycles. The Balaban J connectivity index is 1.49. The van der Waals surface area contributed by atoms with Crippen LogP contribution in [0, 0.1) is 0 Å². The van der Waals surface area contributed by atoms with Gasteiger partial charge in [-0.2, -0.15) is 0 Å². The number of amides is 1. The summed E-state index contributed by atoms with van der Waals surface area (Å²) in [5.74, 6) is 2.31. The molecule has 0 saturated carbocycles. The van der Waals surface area contributed by atoms with E-state index in [4.69, 9.17) is 14.2 Å². The van der Waals surface area contributed by atoms with Crippen LogP contribution >= 0.6 is 0 Å². The van der Waals surface area contributed by atoms with E-state index in [1.54, 1.807) is 20.3 Å². The first-order valence-electron chi connectivity index (χ1n) is 11.2. The fourth-order valence-electron chi connectivity index (χ4n) is 4.75. The fraction of sp³-hybridized carbons (Fsp3) is 0.250. The predicted molar refractivity (Wildman–Crippen MR) is 128 cm³/mol. The summed E-state index contributed by atoms with van der Waals surface area (Å²) in [6.07, 6.45) is 5.25. The average Bonchev–Trinajstić information content (AvgIpc) is 3.34. The van der Waals surface area contributed by atoms with Crippen LogP contribution in [0.4, 0.5) is 0 Å². The van der Waals surface area contributed by atoms with Crippen LogP contribution < -0.4 is 14.2 Å². The van der Waals surface area contributed by atoms with Crippen molar-refractivity contribution in [3.8, 4) is 17.2 Å². The lowest BCUT2D eigenvalue weighted by Gasteiger charge is -2.37. The van der Waals surface area contributed by atoms with Crippen molar-refractivity contribution in [2.24, 2.45) is 0 Å². The number of carbonyl (C=O) groups excluding carboxylic acids is 1. The van der Waals surface area contributed by atoms with Crippen molar-refractivity contribution in [3.63, 3.8) is 0 Å². The minimum absolute atomic E-state index is 0.0129. The van der Waals surface area contributed by atoms with Gasteiger partial charge in [-0.15, -0.1) is 0 Å². The van der Waals surface area contributed by atoms with E-state index in [9.17, 15) is 4.79 Å². The van der Waals surface area contributed by atoms with E-state index in [2.05, 4.69) is 18.2 Å². The number of hydrogen-bond acceptors (Lipinski definition) is 4. The summed E-state index contributed by atoms with van der Waals surface area (Å²) < 4.78 is 16.7. The van der Waals surface area contributed by atoms with Crippen LogP contribution in [-0.2, 0) is 17.6 Å². The van der Waals surface area contributed by atoms with Crippen molar-refractivity contribution >= 4 is 12.0 Å². The molecule has 0 radical (unpaired) electrons. The molecule has 3 aromatic rings. The van der Waals surface area contributed by atoms with Gasteiger partial charge in [0.1, 0.15) is 5.75 Å². The fourth-order valence-corrected chi connectivity index (χ4v) is 4.75. The number of carbonyl (C=O) groups is 1. The molecule has 1 amide bonds. The monoisotopic (exact) mass is 441 g/mol. The summed E-state index contributed by atoms with van der Waals surface area (Å²) in [5, 5.41) is 0. The first-order chi connectivity index (χ1) is 16.2. The second-order valence-electron chi connectivity index (χ2n) is 8.30. The number of rotatable bonds is 5. The van der Waals surface area contributed by atoms with Gasteiger partial charge in [-0.05, 0) is 64.6 Å². The quantitative estimate of drug-likeness (QED) is 0.533. The summed E-state index contributed by atoms with van der Waals surface area (Å²) in [6, 6.07) is 20.1. The highest BCUT2D eigenvalue weighted by atomic mass is 16.5. The second kappa shape index (κ2) is 9.02. The lowest BCUT2D eigenvalue weighted by Crippen LogP contribution is -2.39. The highest BCUT2D eigenvalue weighted by Crippen LogP contribution is 2.41. The van der Waals surface area contributed by atoms with E-state index >= 15 is 0 Å². The molecule has 1 atom stereocenters. The summed E-state index contributed by atoms with van der Waals surface area (Å²) >= 11 is 0. The van der Waals surface area contributed by atoms with Crippen molar-refractivity contribution in [2.45, 2.75) is 18.9 Å². The zero-order chi connectivity index (χ0) is 22.8. The molecule has 0 N–H and O–H groups in total. The molecule has 5 heteroatoms. The van der Waals surface area contributed by atoms with E-state index < -0.39 is 0 Å². The molecule has 5 rings (SSSR count). The molecule has 3 aromatic carbocycles. The number of benzene rings is 3. The Hall–Kier alpha value is -3.73. The Morgan fingerprint density at radius 3 is 2.55 bits per heavy atom. The van der Waals surface area contributed by atoms with E-state index in [1.165, 1.54) is 11.1 Å². The lowest BCUT2D eigenvalue weighted by atomic mass is 9.87. The van der Waals surface area contributed by atoms with Crippen molar-refractivity contribution in [1.29, 1.82) is 0 Å². The van der Waals surface area contributed by atoms with Crippen LogP contribution in [0.25, 0.3) is 6.08 Å². The van der Waals surface area contributed by atoms with Crippen LogP contribution in [0.5, 0.6) is 17.2 Å². The maximum Gasteiger partial charge on any atom is 0.247 e. The third kappa shape index (κ3) is 4.07. The number of methoxy groups -OCH3 is 2. The van der Waals surface area contributed by atoms with Crippen LogP contribution in [0.15, 0.2) is 66.7 Å². The lowest BCUT2D eigenvalue weighted by molar-refractivity contribution is -0.127. The first-order valence-corrected chi connectivity index (χ1v) is 11.2. The van der Waals surface area contributed by atoms with Gasteiger partial charge in [-0.1, -0.05) is 36.4 Å². The molecule has 5 nitrogen and oxygen atoms in total. The van der Waals surface area contributed by atoms with Crippen molar-refractivity contribution < 1.29 is 19.0 Å². The smallest absolute Gasteiger partial charge is 0.247 e. The largest absolute Gasteiger partial charge is 0.493 e. The molecule has 2 aliphatic rings. The maximum atomic E-state index is 13.4. The number of fused-ring (bicyclic) bond motifs is 2. The minimum Gasteiger partial charge on any atom is -0.493 e. The van der Waals surface area contributed by atoms with Gasteiger partial charge in [0.25, 0.3) is 0 Å². The molecule has 0 spiro atoms. The normalized spacial score (nSPS) is 16.8. The third-order valence-corrected chi connectivity index (χ3v) is 6.40. The summed E-state index contributed by atoms with van der Waals surface area (Å²) in [6.45, 7) is 1.35. The van der Waals surface area contributed by atoms with E-state index in [-0.39, 0.29) is 11.9 Å². The maximum absolute atomic E-state index is 13.4. The summed E-state index contributed by atoms with van der Waals surface area (Å²) in [7, 11) is 3.28. The molecule has 0 bridgehead atoms. The standard InChI is InChI=1S/C28H27NO4/c1-31-25-17-21-12-14-29(27(30)11-9-19-8-10-24-22(16-19)13-15-33-24)28(20-6-4-3-5-7-20)23(21)18-26(25)32-2/h3-11,16-18,28H,12-15H2,1-2H3/b11-9+. The van der Waals surface area contributed by atoms with Gasteiger partial charge >= 0.3 is 0 Å². The molecule has 0 saturated heterocycles. The zero-order valence-electron chi connectivity index (χ0n) is 18.9. The molecule has 33 heavy (non-hydrogen) atoms. The van der Waals surface area contributed by atoms with Crippen molar-refractivity contribution in [3.05, 3.63) is 94.6 Å². The molecule has 1 unspecified atom stereocenters. The van der Waals surface area contributed by atoms with Gasteiger partial charge in [-0.25, -0.2) is 0 Å². The van der Waals surface area contributed by atoms with Crippen LogP contribution in [0.1, 0.15) is 33.9 Å². The third-order valence-electron chi connectivity index (χ3n) is 6.40. The van der Waals surface area contributed by atoms with Crippen molar-refractivity contribution in [2.75, 3.05) is 27.4 Å². The highest BCUT2D eigenvalue weighted by molar-refractivity contribution is 5.92. The van der Waals surface area contributed by atoms with Gasteiger partial charge in [0.15, 0.2) is 11.5 Å². The summed E-state index contributed by atoms with van der Waals surface area (Å²) in [4.78, 5) is 15.4. The van der Waals surface area contributed by atoms with Gasteiger partial charge in [0.2, 0.25) is 5.91 Å². The molecule has 0 aromatic heterocycles. The van der Waals surface area contributed by atoms with Gasteiger partial charge < -0.3 is 19.1 Å². The Morgan fingerprint density at radius 2 is 1.76 bits per heavy atom. The minimum atomic E-state index is -0.194. The second-order valence-corrected chi connectivity index (χ2v) is 8.30. The first kappa shape index (κ1) is 21.1. The highest BCUT2D eigenvalue weighted by Gasteiger charge is 2.32. The molecule has 2 aliphatic heterocycles. The van der Waals surface area contributed by atoms with Gasteiger partial charge in [0, 0.05) is 19.0 Å². The van der Waals surface area contributed by atoms with Gasteiger partial charge in [0.05, 0.1) is 26.9 Å². The Morgan fingerprint density at radius 1 is 0.970 bits per heavy atom.